The van der Waals surface area contributed by atoms with Gasteiger partial charge < -0.3 is 15.4 Å². The highest BCUT2D eigenvalue weighted by Crippen LogP contribution is 2.47. The van der Waals surface area contributed by atoms with E-state index < -0.39 is 0 Å². The first kappa shape index (κ1) is 24.0. The van der Waals surface area contributed by atoms with Crippen molar-refractivity contribution >= 4 is 39.6 Å². The molecule has 0 atom stereocenters. The van der Waals surface area contributed by atoms with Crippen molar-refractivity contribution in [3.63, 3.8) is 0 Å². The molecule has 3 aromatic rings. The van der Waals surface area contributed by atoms with Crippen molar-refractivity contribution in [1.82, 2.24) is 9.88 Å². The van der Waals surface area contributed by atoms with Crippen LogP contribution in [0.4, 0.5) is 16.5 Å². The summed E-state index contributed by atoms with van der Waals surface area (Å²) in [5.41, 5.74) is 9.38. The number of hydrogen-bond donors (Lipinski definition) is 1. The Hall–Kier alpha value is -2.74. The Morgan fingerprint density at radius 1 is 1.11 bits per heavy atom. The highest BCUT2D eigenvalue weighted by Gasteiger charge is 2.24. The number of hydrogen-bond acceptors (Lipinski definition) is 7. The van der Waals surface area contributed by atoms with Crippen molar-refractivity contribution in [2.45, 2.75) is 50.7 Å². The molecule has 1 saturated heterocycles. The largest absolute Gasteiger partial charge is 0.490 e. The van der Waals surface area contributed by atoms with Crippen molar-refractivity contribution in [2.75, 3.05) is 23.7 Å². The Labute approximate surface area is 216 Å². The molecule has 0 saturated carbocycles. The molecule has 0 aliphatic carbocycles. The molecule has 2 aromatic carbocycles. The van der Waals surface area contributed by atoms with Gasteiger partial charge in [-0.2, -0.15) is 0 Å². The van der Waals surface area contributed by atoms with Gasteiger partial charge in [0.1, 0.15) is 11.9 Å². The van der Waals surface area contributed by atoms with E-state index in [0.717, 1.165) is 50.3 Å². The maximum absolute atomic E-state index is 6.38. The van der Waals surface area contributed by atoms with Gasteiger partial charge in [0.2, 0.25) is 0 Å². The Kier molecular flexibility index (Phi) is 7.46. The summed E-state index contributed by atoms with van der Waals surface area (Å²) in [6.07, 6.45) is 9.69. The highest BCUT2D eigenvalue weighted by molar-refractivity contribution is 8.03. The molecule has 3 heterocycles. The lowest BCUT2D eigenvalue weighted by Crippen LogP contribution is -2.37. The number of para-hydroxylation sites is 1. The molecule has 1 fully saturated rings. The Balaban J connectivity index is 1.26. The van der Waals surface area contributed by atoms with Gasteiger partial charge in [-0.1, -0.05) is 36.9 Å². The summed E-state index contributed by atoms with van der Waals surface area (Å²) in [6.45, 7) is 7.36. The third-order valence-corrected chi connectivity index (χ3v) is 8.26. The van der Waals surface area contributed by atoms with E-state index in [1.165, 1.54) is 26.1 Å². The normalized spacial score (nSPS) is 17.3. The smallest absolute Gasteiger partial charge is 0.180 e. The summed E-state index contributed by atoms with van der Waals surface area (Å²) in [7, 11) is 0. The second-order valence-corrected chi connectivity index (χ2v) is 11.3. The number of nitrogen functional groups attached to an aromatic ring is 1. The lowest BCUT2D eigenvalue weighted by Gasteiger charge is -2.33. The Bertz CT molecular complexity index is 1210. The van der Waals surface area contributed by atoms with Crippen LogP contribution in [0, 0.1) is 0 Å². The number of aromatic nitrogens is 1. The van der Waals surface area contributed by atoms with Crippen LogP contribution in [0.1, 0.15) is 38.0 Å². The molecule has 7 heteroatoms. The van der Waals surface area contributed by atoms with E-state index in [9.17, 15) is 0 Å². The zero-order chi connectivity index (χ0) is 24.2. The number of ether oxygens (including phenoxy) is 1. The number of nitrogens with two attached hydrogens (primary N) is 1. The number of fused-ring (bicyclic) bond motifs is 1. The van der Waals surface area contributed by atoms with Crippen LogP contribution in [-0.4, -0.2) is 29.1 Å². The second-order valence-electron chi connectivity index (χ2n) is 8.91. The Morgan fingerprint density at radius 2 is 1.89 bits per heavy atom. The van der Waals surface area contributed by atoms with Gasteiger partial charge in [-0.05, 0) is 68.7 Å². The minimum atomic E-state index is 0.251. The average molecular weight is 505 g/mol. The quantitative estimate of drug-likeness (QED) is 0.367. The van der Waals surface area contributed by atoms with Crippen molar-refractivity contribution in [1.29, 1.82) is 0 Å². The first-order valence-electron chi connectivity index (χ1n) is 12.2. The summed E-state index contributed by atoms with van der Waals surface area (Å²) in [5, 5.41) is 0.646. The number of nitrogens with zero attached hydrogens (tertiary/aromatic N) is 3. The molecule has 5 rings (SSSR count). The lowest BCUT2D eigenvalue weighted by molar-refractivity contribution is 0.0973. The van der Waals surface area contributed by atoms with E-state index in [2.05, 4.69) is 89.3 Å². The number of thiazole rings is 1. The molecule has 2 N–H and O–H groups in total. The fraction of sp³-hybridized carbons (Fsp3) is 0.321. The zero-order valence-electron chi connectivity index (χ0n) is 20.3. The van der Waals surface area contributed by atoms with Gasteiger partial charge in [0.05, 0.1) is 11.4 Å². The molecular formula is C28H32N4OS2. The van der Waals surface area contributed by atoms with Crippen molar-refractivity contribution in [3.05, 3.63) is 82.4 Å². The maximum atomic E-state index is 6.38. The van der Waals surface area contributed by atoms with Crippen LogP contribution in [0.15, 0.2) is 82.4 Å². The molecule has 1 aromatic heterocycles. The van der Waals surface area contributed by atoms with E-state index in [1.807, 2.05) is 18.0 Å². The van der Waals surface area contributed by atoms with Gasteiger partial charge in [-0.25, -0.2) is 4.98 Å². The number of rotatable bonds is 7. The van der Waals surface area contributed by atoms with Crippen LogP contribution in [0.25, 0.3) is 0 Å². The third-order valence-electron chi connectivity index (χ3n) is 6.37. The van der Waals surface area contributed by atoms with E-state index in [0.29, 0.717) is 5.13 Å². The average Bonchev–Trinajstić information content (AvgIpc) is 3.28. The van der Waals surface area contributed by atoms with Gasteiger partial charge in [0, 0.05) is 46.2 Å². The first-order valence-corrected chi connectivity index (χ1v) is 13.9. The molecule has 2 aliphatic rings. The predicted octanol–water partition coefficient (Wildman–Crippen LogP) is 7.21. The molecule has 0 spiro atoms. The topological polar surface area (TPSA) is 54.6 Å². The zero-order valence-corrected chi connectivity index (χ0v) is 21.9. The molecule has 182 valence electrons. The number of likely N-dealkylation sites (tertiary alicyclic amines) is 1. The SMILES string of the molecule is CC/C=C\C1=C(C)Sc2ccccc2N1c1ccc(OC2CCN(Cc3cnc(N)s3)CC2)cc1. The number of allylic oxidation sites excluding steroid dienone is 3. The Morgan fingerprint density at radius 3 is 2.60 bits per heavy atom. The van der Waals surface area contributed by atoms with Crippen LogP contribution in [0.3, 0.4) is 0 Å². The fourth-order valence-electron chi connectivity index (χ4n) is 4.60. The third kappa shape index (κ3) is 5.58. The van der Waals surface area contributed by atoms with Crippen LogP contribution in [0.5, 0.6) is 5.75 Å². The highest BCUT2D eigenvalue weighted by atomic mass is 32.2. The minimum Gasteiger partial charge on any atom is -0.490 e. The summed E-state index contributed by atoms with van der Waals surface area (Å²) in [5.74, 6) is 0.938. The van der Waals surface area contributed by atoms with Gasteiger partial charge in [0.15, 0.2) is 5.13 Å². The first-order chi connectivity index (χ1) is 17.1. The predicted molar refractivity (Wildman–Crippen MR) is 148 cm³/mol. The number of anilines is 3. The summed E-state index contributed by atoms with van der Waals surface area (Å²) < 4.78 is 6.38. The molecule has 5 nitrogen and oxygen atoms in total. The molecule has 0 unspecified atom stereocenters. The van der Waals surface area contributed by atoms with Gasteiger partial charge in [-0.15, -0.1) is 11.3 Å². The lowest BCUT2D eigenvalue weighted by atomic mass is 10.1. The van der Waals surface area contributed by atoms with E-state index >= 15 is 0 Å². The molecule has 35 heavy (non-hydrogen) atoms. The standard InChI is InChI=1S/C28H32N4OS2/c1-3-4-7-25-20(2)34-27-9-6-5-8-26(27)32(25)21-10-12-22(13-11-21)33-23-14-16-31(17-15-23)19-24-18-30-28(29)35-24/h4-13,18,23H,3,14-17,19H2,1-2H3,(H2,29,30)/b7-4-. The van der Waals surface area contributed by atoms with Crippen molar-refractivity contribution < 1.29 is 4.74 Å². The molecule has 0 bridgehead atoms. The summed E-state index contributed by atoms with van der Waals surface area (Å²) in [6, 6.07) is 17.2. The van der Waals surface area contributed by atoms with Crippen molar-refractivity contribution in [3.8, 4) is 5.75 Å². The van der Waals surface area contributed by atoms with E-state index in [1.54, 1.807) is 11.3 Å². The van der Waals surface area contributed by atoms with E-state index in [-0.39, 0.29) is 6.10 Å². The van der Waals surface area contributed by atoms with Gasteiger partial charge in [0.25, 0.3) is 0 Å². The number of piperidine rings is 1. The second kappa shape index (κ2) is 10.9. The molecule has 0 radical (unpaired) electrons. The monoisotopic (exact) mass is 504 g/mol. The molecule has 0 amide bonds. The minimum absolute atomic E-state index is 0.251. The molecule has 2 aliphatic heterocycles. The molecular weight excluding hydrogens is 472 g/mol. The maximum Gasteiger partial charge on any atom is 0.180 e. The van der Waals surface area contributed by atoms with Crippen molar-refractivity contribution in [2.24, 2.45) is 0 Å². The summed E-state index contributed by atoms with van der Waals surface area (Å²) in [4.78, 5) is 12.8. The van der Waals surface area contributed by atoms with Crippen LogP contribution in [-0.2, 0) is 6.54 Å². The van der Waals surface area contributed by atoms with Crippen LogP contribution >= 0.6 is 23.1 Å². The van der Waals surface area contributed by atoms with Crippen LogP contribution in [0.2, 0.25) is 0 Å². The number of benzene rings is 2. The van der Waals surface area contributed by atoms with Gasteiger partial charge in [-0.3, -0.25) is 4.90 Å². The van der Waals surface area contributed by atoms with Crippen LogP contribution < -0.4 is 15.4 Å². The van der Waals surface area contributed by atoms with E-state index in [4.69, 9.17) is 10.5 Å². The fourth-order valence-corrected chi connectivity index (χ4v) is 6.33. The number of thioether (sulfide) groups is 1. The van der Waals surface area contributed by atoms with Gasteiger partial charge >= 0.3 is 0 Å². The summed E-state index contributed by atoms with van der Waals surface area (Å²) >= 11 is 3.42.